The highest BCUT2D eigenvalue weighted by molar-refractivity contribution is 5.82. The summed E-state index contributed by atoms with van der Waals surface area (Å²) >= 11 is 0. The van der Waals surface area contributed by atoms with Crippen molar-refractivity contribution in [3.05, 3.63) is 35.9 Å². The molecule has 2 unspecified atom stereocenters. The fourth-order valence-electron chi connectivity index (χ4n) is 4.34. The number of piperidine rings is 1. The number of hydrogen-bond donors (Lipinski definition) is 1. The molecule has 2 N–H and O–H groups in total. The summed E-state index contributed by atoms with van der Waals surface area (Å²) in [5, 5.41) is 0. The fourth-order valence-corrected chi connectivity index (χ4v) is 4.34. The lowest BCUT2D eigenvalue weighted by molar-refractivity contribution is -0.139. The van der Waals surface area contributed by atoms with Crippen LogP contribution >= 0.6 is 0 Å². The minimum Gasteiger partial charge on any atom is -0.338 e. The van der Waals surface area contributed by atoms with Gasteiger partial charge in [0.1, 0.15) is 0 Å². The van der Waals surface area contributed by atoms with Crippen molar-refractivity contribution in [3.63, 3.8) is 0 Å². The molecule has 4 atom stereocenters. The second kappa shape index (κ2) is 7.66. The Balaban J connectivity index is 1.67. The van der Waals surface area contributed by atoms with E-state index in [9.17, 15) is 4.79 Å². The van der Waals surface area contributed by atoms with Gasteiger partial charge in [-0.1, -0.05) is 37.3 Å². The number of carbonyl (C=O) groups excluding carboxylic acids is 1. The summed E-state index contributed by atoms with van der Waals surface area (Å²) < 4.78 is 0. The van der Waals surface area contributed by atoms with Crippen LogP contribution in [-0.2, 0) is 4.79 Å². The van der Waals surface area contributed by atoms with Gasteiger partial charge in [0.05, 0.1) is 6.04 Å². The van der Waals surface area contributed by atoms with Crippen molar-refractivity contribution in [2.75, 3.05) is 19.6 Å². The van der Waals surface area contributed by atoms with E-state index in [4.69, 9.17) is 5.73 Å². The van der Waals surface area contributed by atoms with E-state index in [1.807, 2.05) is 6.07 Å². The van der Waals surface area contributed by atoms with E-state index >= 15 is 0 Å². The zero-order valence-corrected chi connectivity index (χ0v) is 15.0. The normalized spacial score (nSPS) is 29.6. The van der Waals surface area contributed by atoms with Crippen molar-refractivity contribution < 1.29 is 4.79 Å². The molecule has 2 saturated heterocycles. The van der Waals surface area contributed by atoms with Crippen molar-refractivity contribution in [2.45, 2.75) is 63.6 Å². The van der Waals surface area contributed by atoms with E-state index in [1.165, 1.54) is 12.0 Å². The highest BCUT2D eigenvalue weighted by Crippen LogP contribution is 2.29. The number of benzene rings is 1. The summed E-state index contributed by atoms with van der Waals surface area (Å²) in [5.41, 5.74) is 7.69. The number of rotatable bonds is 4. The first-order valence-electron chi connectivity index (χ1n) is 9.46. The minimum atomic E-state index is -0.0723. The maximum atomic E-state index is 13.0. The van der Waals surface area contributed by atoms with Gasteiger partial charge in [-0.3, -0.25) is 9.69 Å². The number of carbonyl (C=O) groups is 1. The lowest BCUT2D eigenvalue weighted by atomic mass is 9.95. The molecule has 2 fully saturated rings. The molecular weight excluding hydrogens is 298 g/mol. The Labute approximate surface area is 146 Å². The predicted octanol–water partition coefficient (Wildman–Crippen LogP) is 2.59. The van der Waals surface area contributed by atoms with Crippen molar-refractivity contribution in [1.29, 1.82) is 0 Å². The molecular formula is C20H31N3O. The molecule has 0 aliphatic carbocycles. The summed E-state index contributed by atoms with van der Waals surface area (Å²) in [7, 11) is 0. The molecule has 2 aliphatic rings. The molecule has 3 rings (SSSR count). The molecule has 24 heavy (non-hydrogen) atoms. The minimum absolute atomic E-state index is 0.0723. The number of nitrogens with zero attached hydrogens (tertiary/aromatic N) is 2. The van der Waals surface area contributed by atoms with Crippen molar-refractivity contribution >= 4 is 5.91 Å². The standard InChI is InChI=1S/C20H31N3O/c1-3-17-11-7-8-12-23(17)20(24)15(2)22-13-18(19(21)14-22)16-9-5-4-6-10-16/h4-6,9-10,15,17-19H,3,7-8,11-14,21H2,1-2H3/t15?,17?,18-,19+/m0/s1. The molecule has 2 heterocycles. The molecule has 132 valence electrons. The zero-order valence-electron chi connectivity index (χ0n) is 15.0. The molecule has 0 radical (unpaired) electrons. The van der Waals surface area contributed by atoms with Crippen LogP contribution in [0.1, 0.15) is 51.0 Å². The first-order valence-corrected chi connectivity index (χ1v) is 9.46. The van der Waals surface area contributed by atoms with Gasteiger partial charge < -0.3 is 10.6 Å². The van der Waals surface area contributed by atoms with Crippen LogP contribution in [0, 0.1) is 0 Å². The Bertz CT molecular complexity index is 547. The van der Waals surface area contributed by atoms with E-state index < -0.39 is 0 Å². The third kappa shape index (κ3) is 3.50. The molecule has 4 heteroatoms. The summed E-state index contributed by atoms with van der Waals surface area (Å²) in [6.45, 7) is 6.85. The number of hydrogen-bond acceptors (Lipinski definition) is 3. The van der Waals surface area contributed by atoms with Gasteiger partial charge in [0.15, 0.2) is 0 Å². The summed E-state index contributed by atoms with van der Waals surface area (Å²) in [6.07, 6.45) is 4.61. The molecule has 0 aromatic heterocycles. The SMILES string of the molecule is CCC1CCCCN1C(=O)C(C)N1C[C@@H](N)[C@H](c2ccccc2)C1. The number of likely N-dealkylation sites (tertiary alicyclic amines) is 2. The van der Waals surface area contributed by atoms with Crippen molar-refractivity contribution in [1.82, 2.24) is 9.80 Å². The van der Waals surface area contributed by atoms with E-state index in [2.05, 4.69) is 47.9 Å². The average Bonchev–Trinajstić information content (AvgIpc) is 3.03. The Hall–Kier alpha value is -1.39. The zero-order chi connectivity index (χ0) is 17.1. The maximum Gasteiger partial charge on any atom is 0.239 e. The van der Waals surface area contributed by atoms with Crippen molar-refractivity contribution in [3.8, 4) is 0 Å². The molecule has 0 spiro atoms. The van der Waals surface area contributed by atoms with Crippen molar-refractivity contribution in [2.24, 2.45) is 5.73 Å². The highest BCUT2D eigenvalue weighted by atomic mass is 16.2. The summed E-state index contributed by atoms with van der Waals surface area (Å²) in [6, 6.07) is 10.9. The first kappa shape index (κ1) is 17.4. The van der Waals surface area contributed by atoms with E-state index in [-0.39, 0.29) is 12.1 Å². The number of amides is 1. The van der Waals surface area contributed by atoms with E-state index in [0.717, 1.165) is 38.9 Å². The fraction of sp³-hybridized carbons (Fsp3) is 0.650. The van der Waals surface area contributed by atoms with Crippen LogP contribution in [0.4, 0.5) is 0 Å². The lowest BCUT2D eigenvalue weighted by Crippen LogP contribution is -2.52. The van der Waals surface area contributed by atoms with Gasteiger partial charge in [0.2, 0.25) is 5.91 Å². The van der Waals surface area contributed by atoms with Gasteiger partial charge in [-0.05, 0) is 38.2 Å². The van der Waals surface area contributed by atoms with Crippen LogP contribution in [0.3, 0.4) is 0 Å². The number of nitrogens with two attached hydrogens (primary N) is 1. The second-order valence-corrected chi connectivity index (χ2v) is 7.40. The molecule has 0 saturated carbocycles. The Kier molecular flexibility index (Phi) is 5.57. The maximum absolute atomic E-state index is 13.0. The smallest absolute Gasteiger partial charge is 0.239 e. The highest BCUT2D eigenvalue weighted by Gasteiger charge is 2.38. The quantitative estimate of drug-likeness (QED) is 0.924. The topological polar surface area (TPSA) is 49.6 Å². The molecule has 1 aromatic rings. The first-order chi connectivity index (χ1) is 11.6. The van der Waals surface area contributed by atoms with E-state index in [1.54, 1.807) is 0 Å². The van der Waals surface area contributed by atoms with Gasteiger partial charge in [0.25, 0.3) is 0 Å². The Morgan fingerprint density at radius 2 is 2.00 bits per heavy atom. The Morgan fingerprint density at radius 3 is 2.71 bits per heavy atom. The molecule has 1 aromatic carbocycles. The van der Waals surface area contributed by atoms with Crippen LogP contribution in [-0.4, -0.2) is 53.5 Å². The molecule has 4 nitrogen and oxygen atoms in total. The van der Waals surface area contributed by atoms with Crippen LogP contribution < -0.4 is 5.73 Å². The lowest BCUT2D eigenvalue weighted by Gasteiger charge is -2.38. The van der Waals surface area contributed by atoms with Crippen LogP contribution in [0.25, 0.3) is 0 Å². The van der Waals surface area contributed by atoms with Gasteiger partial charge >= 0.3 is 0 Å². The third-order valence-corrected chi connectivity index (χ3v) is 5.91. The van der Waals surface area contributed by atoms with E-state index in [0.29, 0.717) is 17.9 Å². The molecule has 1 amide bonds. The predicted molar refractivity (Wildman–Crippen MR) is 97.8 cm³/mol. The Morgan fingerprint density at radius 1 is 1.25 bits per heavy atom. The monoisotopic (exact) mass is 329 g/mol. The molecule has 2 aliphatic heterocycles. The largest absolute Gasteiger partial charge is 0.338 e. The average molecular weight is 329 g/mol. The van der Waals surface area contributed by atoms with Gasteiger partial charge in [-0.15, -0.1) is 0 Å². The second-order valence-electron chi connectivity index (χ2n) is 7.40. The van der Waals surface area contributed by atoms with Gasteiger partial charge in [-0.2, -0.15) is 0 Å². The van der Waals surface area contributed by atoms with Crippen LogP contribution in [0.15, 0.2) is 30.3 Å². The van der Waals surface area contributed by atoms with Crippen LogP contribution in [0.5, 0.6) is 0 Å². The van der Waals surface area contributed by atoms with Gasteiger partial charge in [0, 0.05) is 37.6 Å². The van der Waals surface area contributed by atoms with Gasteiger partial charge in [-0.25, -0.2) is 0 Å². The summed E-state index contributed by atoms with van der Waals surface area (Å²) in [5.74, 6) is 0.618. The third-order valence-electron chi connectivity index (χ3n) is 5.91. The summed E-state index contributed by atoms with van der Waals surface area (Å²) in [4.78, 5) is 17.5. The molecule has 0 bridgehead atoms. The van der Waals surface area contributed by atoms with Crippen LogP contribution in [0.2, 0.25) is 0 Å².